The van der Waals surface area contributed by atoms with Crippen LogP contribution in [0.2, 0.25) is 0 Å². The molecule has 1 aliphatic carbocycles. The number of allylic oxidation sites excluding steroid dienone is 1. The standard InChI is InChI=1S/C20H24O5S/c1-3-4-5-15-16(26(24)14-8-6-12(2)7-9-14)10-13-11-25-20(23)17(13)18(15)19(21)22/h6-10,13,15,17-18H,3-5,11H2,1-2H3,(H,21,22)/t13-,15-,17+,18-,26?/m0/s1. The Balaban J connectivity index is 2.03. The van der Waals surface area contributed by atoms with Gasteiger partial charge in [-0.15, -0.1) is 0 Å². The van der Waals surface area contributed by atoms with Gasteiger partial charge in [0.1, 0.15) is 0 Å². The van der Waals surface area contributed by atoms with Gasteiger partial charge in [-0.1, -0.05) is 43.5 Å². The highest BCUT2D eigenvalue weighted by atomic mass is 32.2. The lowest BCUT2D eigenvalue weighted by molar-refractivity contribution is -0.153. The monoisotopic (exact) mass is 376 g/mol. The van der Waals surface area contributed by atoms with E-state index in [1.165, 1.54) is 0 Å². The number of carboxylic acids is 1. The Bertz CT molecular complexity index is 752. The number of benzene rings is 1. The zero-order chi connectivity index (χ0) is 18.8. The maximum atomic E-state index is 13.2. The van der Waals surface area contributed by atoms with Crippen molar-refractivity contribution in [3.05, 3.63) is 40.8 Å². The lowest BCUT2D eigenvalue weighted by atomic mass is 9.70. The Hall–Kier alpha value is -1.95. The van der Waals surface area contributed by atoms with Gasteiger partial charge < -0.3 is 9.84 Å². The van der Waals surface area contributed by atoms with E-state index in [0.29, 0.717) is 16.2 Å². The number of hydrogen-bond acceptors (Lipinski definition) is 4. The summed E-state index contributed by atoms with van der Waals surface area (Å²) >= 11 is 0. The quantitative estimate of drug-likeness (QED) is 0.771. The number of cyclic esters (lactones) is 1. The van der Waals surface area contributed by atoms with E-state index in [9.17, 15) is 18.9 Å². The molecular formula is C20H24O5S. The molecule has 1 aliphatic heterocycles. The van der Waals surface area contributed by atoms with Crippen LogP contribution in [0.3, 0.4) is 0 Å². The second-order valence-corrected chi connectivity index (χ2v) is 8.56. The number of aliphatic carboxylic acids is 1. The van der Waals surface area contributed by atoms with Gasteiger partial charge in [0.25, 0.3) is 0 Å². The molecule has 0 aromatic heterocycles. The summed E-state index contributed by atoms with van der Waals surface area (Å²) in [6.07, 6.45) is 4.19. The predicted molar refractivity (Wildman–Crippen MR) is 97.8 cm³/mol. The van der Waals surface area contributed by atoms with E-state index in [2.05, 4.69) is 0 Å². The summed E-state index contributed by atoms with van der Waals surface area (Å²) in [7, 11) is -1.44. The molecule has 1 N–H and O–H groups in total. The minimum atomic E-state index is -1.44. The van der Waals surface area contributed by atoms with Crippen LogP contribution in [0.4, 0.5) is 0 Å². The summed E-state index contributed by atoms with van der Waals surface area (Å²) in [5.41, 5.74) is 1.07. The second-order valence-electron chi connectivity index (χ2n) is 7.08. The van der Waals surface area contributed by atoms with Gasteiger partial charge in [0.2, 0.25) is 0 Å². The van der Waals surface area contributed by atoms with Crippen molar-refractivity contribution in [2.75, 3.05) is 6.61 Å². The third-order valence-corrected chi connectivity index (χ3v) is 6.89. The number of esters is 1. The fourth-order valence-electron chi connectivity index (χ4n) is 3.95. The number of rotatable bonds is 6. The average molecular weight is 376 g/mol. The third-order valence-electron chi connectivity index (χ3n) is 5.32. The smallest absolute Gasteiger partial charge is 0.310 e. The van der Waals surface area contributed by atoms with Crippen molar-refractivity contribution in [3.8, 4) is 0 Å². The maximum Gasteiger partial charge on any atom is 0.310 e. The number of ether oxygens (including phenoxy) is 1. The average Bonchev–Trinajstić information content (AvgIpc) is 2.99. The largest absolute Gasteiger partial charge is 0.481 e. The molecule has 0 radical (unpaired) electrons. The van der Waals surface area contributed by atoms with Crippen LogP contribution in [0.5, 0.6) is 0 Å². The van der Waals surface area contributed by atoms with Gasteiger partial charge in [0.05, 0.1) is 29.2 Å². The highest BCUT2D eigenvalue weighted by Crippen LogP contribution is 2.46. The van der Waals surface area contributed by atoms with Gasteiger partial charge in [-0.05, 0) is 25.5 Å². The normalized spacial score (nSPS) is 28.8. The van der Waals surface area contributed by atoms with Crippen molar-refractivity contribution in [1.82, 2.24) is 0 Å². The number of aryl methyl sites for hydroxylation is 1. The Morgan fingerprint density at radius 2 is 2.00 bits per heavy atom. The fourth-order valence-corrected chi connectivity index (χ4v) is 5.44. The Morgan fingerprint density at radius 3 is 2.62 bits per heavy atom. The molecule has 6 heteroatoms. The molecule has 1 saturated heterocycles. The van der Waals surface area contributed by atoms with Gasteiger partial charge in [-0.3, -0.25) is 9.59 Å². The molecule has 1 heterocycles. The van der Waals surface area contributed by atoms with Crippen LogP contribution < -0.4 is 0 Å². The minimum absolute atomic E-state index is 0.169. The molecule has 0 saturated carbocycles. The van der Waals surface area contributed by atoms with Gasteiger partial charge >= 0.3 is 11.9 Å². The highest BCUT2D eigenvalue weighted by Gasteiger charge is 2.52. The molecule has 1 aromatic rings. The molecule has 5 nitrogen and oxygen atoms in total. The first-order valence-electron chi connectivity index (χ1n) is 9.03. The summed E-state index contributed by atoms with van der Waals surface area (Å²) in [6.45, 7) is 4.16. The molecule has 2 aliphatic rings. The zero-order valence-electron chi connectivity index (χ0n) is 15.0. The van der Waals surface area contributed by atoms with Crippen molar-refractivity contribution in [1.29, 1.82) is 0 Å². The Kier molecular flexibility index (Phi) is 5.61. The topological polar surface area (TPSA) is 80.7 Å². The van der Waals surface area contributed by atoms with Gasteiger partial charge in [0.15, 0.2) is 0 Å². The van der Waals surface area contributed by atoms with Crippen LogP contribution in [0, 0.1) is 30.6 Å². The number of carbonyl (C=O) groups excluding carboxylic acids is 1. The van der Waals surface area contributed by atoms with Crippen molar-refractivity contribution in [3.63, 3.8) is 0 Å². The maximum absolute atomic E-state index is 13.2. The lowest BCUT2D eigenvalue weighted by Gasteiger charge is -2.34. The molecule has 140 valence electrons. The number of fused-ring (bicyclic) bond motifs is 1. The van der Waals surface area contributed by atoms with Crippen LogP contribution in [-0.4, -0.2) is 27.9 Å². The molecule has 0 amide bonds. The first-order chi connectivity index (χ1) is 12.4. The first-order valence-corrected chi connectivity index (χ1v) is 10.2. The molecule has 26 heavy (non-hydrogen) atoms. The Morgan fingerprint density at radius 1 is 1.31 bits per heavy atom. The van der Waals surface area contributed by atoms with Crippen LogP contribution in [-0.2, 0) is 25.1 Å². The van der Waals surface area contributed by atoms with Crippen molar-refractivity contribution < 1.29 is 23.6 Å². The summed E-state index contributed by atoms with van der Waals surface area (Å²) in [5.74, 6) is -3.73. The molecule has 1 aromatic carbocycles. The molecule has 1 fully saturated rings. The van der Waals surface area contributed by atoms with E-state index in [1.807, 2.05) is 44.2 Å². The zero-order valence-corrected chi connectivity index (χ0v) is 15.8. The van der Waals surface area contributed by atoms with E-state index in [0.717, 1.165) is 18.4 Å². The van der Waals surface area contributed by atoms with Gasteiger partial charge in [0, 0.05) is 21.6 Å². The van der Waals surface area contributed by atoms with Crippen molar-refractivity contribution in [2.24, 2.45) is 23.7 Å². The number of carboxylic acid groups (broad SMARTS) is 1. The number of unbranched alkanes of at least 4 members (excludes halogenated alkanes) is 1. The first kappa shape index (κ1) is 18.8. The predicted octanol–water partition coefficient (Wildman–Crippen LogP) is 3.30. The van der Waals surface area contributed by atoms with E-state index in [-0.39, 0.29) is 12.5 Å². The lowest BCUT2D eigenvalue weighted by Crippen LogP contribution is -2.41. The van der Waals surface area contributed by atoms with Crippen LogP contribution in [0.1, 0.15) is 31.7 Å². The fraction of sp³-hybridized carbons (Fsp3) is 0.500. The summed E-state index contributed by atoms with van der Waals surface area (Å²) in [5, 5.41) is 9.85. The van der Waals surface area contributed by atoms with E-state index >= 15 is 0 Å². The molecule has 1 unspecified atom stereocenters. The van der Waals surface area contributed by atoms with E-state index in [4.69, 9.17) is 4.74 Å². The third kappa shape index (κ3) is 3.47. The summed E-state index contributed by atoms with van der Waals surface area (Å²) in [6, 6.07) is 7.44. The SMILES string of the molecule is CCCC[C@H]1C(S(=O)c2ccc(C)cc2)=C[C@H]2COC(=O)[C@H]2[C@H]1C(=O)O. The summed E-state index contributed by atoms with van der Waals surface area (Å²) < 4.78 is 18.4. The molecule has 0 spiro atoms. The second kappa shape index (κ2) is 7.74. The van der Waals surface area contributed by atoms with Gasteiger partial charge in [-0.25, -0.2) is 4.21 Å². The molecule has 5 atom stereocenters. The van der Waals surface area contributed by atoms with E-state index in [1.54, 1.807) is 0 Å². The molecule has 0 bridgehead atoms. The Labute approximate surface area is 155 Å². The highest BCUT2D eigenvalue weighted by molar-refractivity contribution is 7.89. The van der Waals surface area contributed by atoms with Crippen molar-refractivity contribution >= 4 is 22.7 Å². The van der Waals surface area contributed by atoms with Crippen LogP contribution in [0.25, 0.3) is 0 Å². The van der Waals surface area contributed by atoms with E-state index < -0.39 is 40.5 Å². The molecular weight excluding hydrogens is 352 g/mol. The summed E-state index contributed by atoms with van der Waals surface area (Å²) in [4.78, 5) is 25.5. The molecule has 3 rings (SSSR count). The minimum Gasteiger partial charge on any atom is -0.481 e. The van der Waals surface area contributed by atoms with Gasteiger partial charge in [-0.2, -0.15) is 0 Å². The van der Waals surface area contributed by atoms with Crippen molar-refractivity contribution in [2.45, 2.75) is 38.0 Å². The van der Waals surface area contributed by atoms with Crippen LogP contribution >= 0.6 is 0 Å². The number of carbonyl (C=O) groups is 2. The number of hydrogen-bond donors (Lipinski definition) is 1. The van der Waals surface area contributed by atoms with Crippen LogP contribution in [0.15, 0.2) is 40.1 Å².